The van der Waals surface area contributed by atoms with Gasteiger partial charge >= 0.3 is 11.9 Å². The van der Waals surface area contributed by atoms with E-state index >= 15 is 0 Å². The molecule has 5 spiro atoms. The van der Waals surface area contributed by atoms with E-state index in [2.05, 4.69) is 6.92 Å². The summed E-state index contributed by atoms with van der Waals surface area (Å²) in [6.07, 6.45) is 1.48. The lowest BCUT2D eigenvalue weighted by atomic mass is 9.30. The highest BCUT2D eigenvalue weighted by atomic mass is 16.8. The highest BCUT2D eigenvalue weighted by molar-refractivity contribution is 5.92. The molecule has 182 valence electrons. The number of hydrogen-bond acceptors (Lipinski definition) is 9. The predicted octanol–water partition coefficient (Wildman–Crippen LogP) is 1.11. The van der Waals surface area contributed by atoms with Gasteiger partial charge in [-0.25, -0.2) is 4.79 Å². The number of cyclic esters (lactones) is 2. The van der Waals surface area contributed by atoms with Crippen LogP contribution in [0.4, 0.5) is 0 Å². The Morgan fingerprint density at radius 2 is 1.76 bits per heavy atom. The van der Waals surface area contributed by atoms with Crippen molar-refractivity contribution in [3.05, 3.63) is 11.6 Å². The zero-order chi connectivity index (χ0) is 24.0. The number of esters is 2. The first-order valence-corrected chi connectivity index (χ1v) is 12.3. The van der Waals surface area contributed by atoms with E-state index in [1.807, 2.05) is 27.7 Å². The largest absolute Gasteiger partial charge is 0.459 e. The molecule has 9 heteroatoms. The molecule has 0 aromatic heterocycles. The summed E-state index contributed by atoms with van der Waals surface area (Å²) in [5.74, 6) is -3.98. The fraction of sp³-hybridized carbons (Fsp3) is 0.840. The van der Waals surface area contributed by atoms with Gasteiger partial charge in [0.2, 0.25) is 5.79 Å². The van der Waals surface area contributed by atoms with Gasteiger partial charge in [0.05, 0.1) is 23.5 Å². The quantitative estimate of drug-likeness (QED) is 0.409. The summed E-state index contributed by atoms with van der Waals surface area (Å²) in [5.41, 5.74) is -7.50. The van der Waals surface area contributed by atoms with Crippen molar-refractivity contribution in [3.8, 4) is 0 Å². The molecule has 7 heterocycles. The average Bonchev–Trinajstić information content (AvgIpc) is 3.59. The first-order valence-electron chi connectivity index (χ1n) is 12.3. The Bertz CT molecular complexity index is 1250. The molecule has 7 aliphatic heterocycles. The van der Waals surface area contributed by atoms with Gasteiger partial charge in [-0.2, -0.15) is 0 Å². The molecule has 6 saturated heterocycles. The summed E-state index contributed by atoms with van der Waals surface area (Å²) >= 11 is 0. The van der Waals surface area contributed by atoms with Crippen molar-refractivity contribution in [3.63, 3.8) is 0 Å². The fourth-order valence-corrected chi connectivity index (χ4v) is 11.6. The molecule has 6 bridgehead atoms. The lowest BCUT2D eigenvalue weighted by Crippen LogP contribution is -2.83. The number of carbonyl (C=O) groups is 2. The molecular weight excluding hydrogens is 444 g/mol. The third-order valence-corrected chi connectivity index (χ3v) is 12.5. The monoisotopic (exact) mass is 472 g/mol. The Labute approximate surface area is 196 Å². The van der Waals surface area contributed by atoms with Gasteiger partial charge < -0.3 is 33.5 Å². The second-order valence-corrected chi connectivity index (χ2v) is 13.2. The van der Waals surface area contributed by atoms with Crippen molar-refractivity contribution in [1.29, 1.82) is 0 Å². The molecule has 1 N–H and O–H groups in total. The smallest absolute Gasteiger partial charge is 0.331 e. The summed E-state index contributed by atoms with van der Waals surface area (Å²) in [6.45, 7) is 11.7. The van der Waals surface area contributed by atoms with E-state index in [1.54, 1.807) is 13.0 Å². The summed E-state index contributed by atoms with van der Waals surface area (Å²) in [7, 11) is 0. The van der Waals surface area contributed by atoms with Crippen molar-refractivity contribution < 1.29 is 43.1 Å². The molecule has 9 nitrogen and oxygen atoms in total. The second kappa shape index (κ2) is 4.20. The lowest BCUT2D eigenvalue weighted by Gasteiger charge is -2.74. The summed E-state index contributed by atoms with van der Waals surface area (Å²) in [5, 5.41) is 12.5. The van der Waals surface area contributed by atoms with Crippen molar-refractivity contribution in [2.75, 3.05) is 6.61 Å². The Balaban J connectivity index is 1.48. The van der Waals surface area contributed by atoms with Gasteiger partial charge in [-0.1, -0.05) is 13.8 Å². The maximum Gasteiger partial charge on any atom is 0.331 e. The van der Waals surface area contributed by atoms with Crippen LogP contribution in [0, 0.1) is 21.7 Å². The van der Waals surface area contributed by atoms with Gasteiger partial charge in [-0.3, -0.25) is 4.79 Å². The van der Waals surface area contributed by atoms with Crippen molar-refractivity contribution in [2.24, 2.45) is 21.7 Å². The first kappa shape index (κ1) is 19.6. The molecule has 10 aliphatic rings. The van der Waals surface area contributed by atoms with Gasteiger partial charge in [-0.05, 0) is 46.1 Å². The summed E-state index contributed by atoms with van der Waals surface area (Å²) in [4.78, 5) is 27.2. The first-order chi connectivity index (χ1) is 15.7. The molecule has 11 atom stereocenters. The maximum absolute atomic E-state index is 14.2. The molecule has 0 aromatic carbocycles. The highest BCUT2D eigenvalue weighted by Crippen LogP contribution is 2.99. The van der Waals surface area contributed by atoms with E-state index < -0.39 is 73.7 Å². The zero-order valence-electron chi connectivity index (χ0n) is 20.1. The number of ether oxygens (including phenoxy) is 6. The van der Waals surface area contributed by atoms with Crippen molar-refractivity contribution in [2.45, 2.75) is 101 Å². The molecule has 10 rings (SSSR count). The van der Waals surface area contributed by atoms with Crippen LogP contribution in [-0.2, 0) is 38.0 Å². The third kappa shape index (κ3) is 1.12. The van der Waals surface area contributed by atoms with Crippen LogP contribution in [0.1, 0.15) is 54.4 Å². The second-order valence-electron chi connectivity index (χ2n) is 13.2. The predicted molar refractivity (Wildman–Crippen MR) is 109 cm³/mol. The molecule has 34 heavy (non-hydrogen) atoms. The van der Waals surface area contributed by atoms with Gasteiger partial charge in [0, 0.05) is 11.5 Å². The number of rotatable bonds is 0. The normalized spacial score (nSPS) is 70.3. The SMILES string of the molecule is C[C@@H]1OC(=O)C23C4(CO4)[C@@]4(C)C[C@]5(C6=CC(=O)OC(C)(C)[C@]67O[C@@H]7C[C@]25C)[C@@]2(C)OC13[C@@]4(O)O2. The number of carbonyl (C=O) groups excluding carboxylic acids is 2. The number of epoxide rings is 2. The van der Waals surface area contributed by atoms with E-state index in [4.69, 9.17) is 28.4 Å². The van der Waals surface area contributed by atoms with Crippen molar-refractivity contribution in [1.82, 2.24) is 0 Å². The Morgan fingerprint density at radius 3 is 2.44 bits per heavy atom. The maximum atomic E-state index is 14.2. The molecular formula is C25H28O9. The van der Waals surface area contributed by atoms with Crippen molar-refractivity contribution >= 4 is 11.9 Å². The van der Waals surface area contributed by atoms with Gasteiger partial charge in [0.15, 0.2) is 17.0 Å². The van der Waals surface area contributed by atoms with E-state index in [1.165, 1.54) is 0 Å². The van der Waals surface area contributed by atoms with Crippen LogP contribution >= 0.6 is 0 Å². The Hall–Kier alpha value is -1.52. The Kier molecular flexibility index (Phi) is 2.42. The van der Waals surface area contributed by atoms with E-state index in [9.17, 15) is 14.7 Å². The average molecular weight is 472 g/mol. The van der Waals surface area contributed by atoms with E-state index in [0.717, 1.165) is 5.57 Å². The standard InChI is InChI=1S/C25H28O9/c1-11-24-23(15(27)30-11)17(4)8-13-22(31-13)12(7-14(26)32-16(22,2)3)20(17)9-18(5,21(23)10-29-21)25(24,28)34-19(20,6)33-24/h7,11,13,28H,8-10H2,1-6H3/t11-,13+,17-,18+,19-,20+,21?,22-,23?,24?,25-/m0/s1. The molecule has 9 fully saturated rings. The molecule has 0 radical (unpaired) electrons. The fourth-order valence-electron chi connectivity index (χ4n) is 11.6. The van der Waals surface area contributed by atoms with Crippen LogP contribution in [0.5, 0.6) is 0 Å². The minimum absolute atomic E-state index is 0.259. The van der Waals surface area contributed by atoms with Gasteiger partial charge in [0.1, 0.15) is 22.7 Å². The van der Waals surface area contributed by atoms with E-state index in [-0.39, 0.29) is 6.10 Å². The van der Waals surface area contributed by atoms with Crippen LogP contribution in [0.2, 0.25) is 0 Å². The third-order valence-electron chi connectivity index (χ3n) is 12.5. The van der Waals surface area contributed by atoms with Crippen LogP contribution in [0.3, 0.4) is 0 Å². The molecule has 0 amide bonds. The zero-order valence-corrected chi connectivity index (χ0v) is 20.1. The summed E-state index contributed by atoms with van der Waals surface area (Å²) in [6, 6.07) is 0. The van der Waals surface area contributed by atoms with Crippen LogP contribution < -0.4 is 0 Å². The van der Waals surface area contributed by atoms with Gasteiger partial charge in [0.25, 0.3) is 0 Å². The minimum Gasteiger partial charge on any atom is -0.459 e. The van der Waals surface area contributed by atoms with Crippen LogP contribution in [0.15, 0.2) is 11.6 Å². The highest BCUT2D eigenvalue weighted by Gasteiger charge is 3.13. The number of aliphatic hydroxyl groups is 1. The minimum atomic E-state index is -1.80. The number of hydrogen-bond donors (Lipinski definition) is 1. The molecule has 3 unspecified atom stereocenters. The van der Waals surface area contributed by atoms with E-state index in [0.29, 0.717) is 19.4 Å². The lowest BCUT2D eigenvalue weighted by molar-refractivity contribution is -0.415. The molecule has 3 saturated carbocycles. The van der Waals surface area contributed by atoms with Gasteiger partial charge in [-0.15, -0.1) is 0 Å². The van der Waals surface area contributed by atoms with Crippen LogP contribution in [-0.4, -0.2) is 69.8 Å². The topological polar surface area (TPSA) is 116 Å². The van der Waals surface area contributed by atoms with Crippen LogP contribution in [0.25, 0.3) is 0 Å². The summed E-state index contributed by atoms with van der Waals surface area (Å²) < 4.78 is 38.2. The Morgan fingerprint density at radius 1 is 1.06 bits per heavy atom. The molecule has 0 aromatic rings. The molecule has 3 aliphatic carbocycles.